The normalized spacial score (nSPS) is 15.1. The van der Waals surface area contributed by atoms with E-state index in [2.05, 4.69) is 4.99 Å². The summed E-state index contributed by atoms with van der Waals surface area (Å²) >= 11 is 0. The quantitative estimate of drug-likeness (QED) is 0.494. The van der Waals surface area contributed by atoms with Crippen molar-refractivity contribution >= 4 is 29.7 Å². The molecule has 0 saturated carbocycles. The molecule has 0 atom stereocenters. The molecule has 1 aliphatic rings. The zero-order valence-corrected chi connectivity index (χ0v) is 8.52. The second-order valence-corrected chi connectivity index (χ2v) is 3.04. The summed E-state index contributed by atoms with van der Waals surface area (Å²) in [6.07, 6.45) is -1.79. The fourth-order valence-corrected chi connectivity index (χ4v) is 1.22. The predicted octanol–water partition coefficient (Wildman–Crippen LogP) is -1.11. The van der Waals surface area contributed by atoms with Crippen LogP contribution in [0.4, 0.5) is 4.79 Å². The van der Waals surface area contributed by atoms with Crippen molar-refractivity contribution in [1.82, 2.24) is 4.90 Å². The number of carbonyl (C=O) groups is 4. The number of carboxylic acid groups (broad SMARTS) is 4. The molecule has 1 rings (SSSR count). The molecule has 0 radical (unpaired) electrons. The molecule has 0 spiro atoms. The van der Waals surface area contributed by atoms with Crippen LogP contribution in [0.3, 0.4) is 0 Å². The number of aliphatic carboxylic acids is 3. The Balaban J connectivity index is 3.49. The van der Waals surface area contributed by atoms with Gasteiger partial charge >= 0.3 is 24.0 Å². The van der Waals surface area contributed by atoms with Gasteiger partial charge in [0.25, 0.3) is 0 Å². The summed E-state index contributed by atoms with van der Waals surface area (Å²) in [7, 11) is 0. The number of aliphatic imine (C=N–C) groups is 1. The fraction of sp³-hybridized carbons (Fsp3) is 0.125. The van der Waals surface area contributed by atoms with Crippen LogP contribution in [-0.2, 0) is 14.4 Å². The zero-order valence-electron chi connectivity index (χ0n) is 8.52. The first-order valence-corrected chi connectivity index (χ1v) is 4.28. The highest BCUT2D eigenvalue weighted by atomic mass is 16.4. The second kappa shape index (κ2) is 4.53. The predicted molar refractivity (Wildman–Crippen MR) is 52.1 cm³/mol. The van der Waals surface area contributed by atoms with Gasteiger partial charge in [0, 0.05) is 0 Å². The van der Waals surface area contributed by atoms with E-state index in [-0.39, 0.29) is 4.90 Å². The number of carboxylic acids is 3. The molecule has 0 aliphatic carbocycles. The van der Waals surface area contributed by atoms with Gasteiger partial charge in [-0.05, 0) is 0 Å². The van der Waals surface area contributed by atoms with Crippen LogP contribution in [0.2, 0.25) is 0 Å². The maximum absolute atomic E-state index is 10.8. The van der Waals surface area contributed by atoms with Gasteiger partial charge in [-0.2, -0.15) is 0 Å². The molecule has 0 aromatic rings. The highest BCUT2D eigenvalue weighted by Gasteiger charge is 2.36. The Morgan fingerprint density at radius 1 is 0.944 bits per heavy atom. The lowest BCUT2D eigenvalue weighted by molar-refractivity contribution is -0.137. The van der Waals surface area contributed by atoms with E-state index in [1.54, 1.807) is 0 Å². The lowest BCUT2D eigenvalue weighted by Crippen LogP contribution is -2.43. The molecule has 1 heterocycles. The Morgan fingerprint density at radius 3 is 1.83 bits per heavy atom. The average Bonchev–Trinajstić information content (AvgIpc) is 2.26. The van der Waals surface area contributed by atoms with Crippen LogP contribution in [0.15, 0.2) is 16.4 Å². The van der Waals surface area contributed by atoms with E-state index in [4.69, 9.17) is 20.4 Å². The molecule has 0 aromatic heterocycles. The molecule has 10 heteroatoms. The number of rotatable bonds is 3. The van der Waals surface area contributed by atoms with Crippen LogP contribution in [-0.4, -0.2) is 61.6 Å². The minimum atomic E-state index is -1.84. The number of hydrogen-bond donors (Lipinski definition) is 4. The number of amides is 1. The maximum atomic E-state index is 10.8. The van der Waals surface area contributed by atoms with Crippen LogP contribution in [0.25, 0.3) is 0 Å². The Labute approximate surface area is 98.1 Å². The molecule has 0 aromatic carbocycles. The van der Waals surface area contributed by atoms with Crippen molar-refractivity contribution in [2.24, 2.45) is 4.99 Å². The van der Waals surface area contributed by atoms with Gasteiger partial charge in [-0.3, -0.25) is 4.90 Å². The molecule has 96 valence electrons. The molecule has 18 heavy (non-hydrogen) atoms. The third kappa shape index (κ3) is 2.26. The first kappa shape index (κ1) is 13.2. The average molecular weight is 258 g/mol. The number of nitrogens with zero attached hydrogens (tertiary/aromatic N) is 2. The largest absolute Gasteiger partial charge is 0.477 e. The van der Waals surface area contributed by atoms with Gasteiger partial charge in [0.1, 0.15) is 5.71 Å². The Hall–Kier alpha value is -2.91. The van der Waals surface area contributed by atoms with Crippen LogP contribution in [0.5, 0.6) is 0 Å². The summed E-state index contributed by atoms with van der Waals surface area (Å²) in [5, 5.41) is 34.9. The Bertz CT molecular complexity index is 517. The smallest absolute Gasteiger partial charge is 0.412 e. The molecule has 10 nitrogen and oxygen atoms in total. The number of hydrogen-bond acceptors (Lipinski definition) is 5. The van der Waals surface area contributed by atoms with Crippen molar-refractivity contribution in [2.45, 2.75) is 0 Å². The van der Waals surface area contributed by atoms with Crippen molar-refractivity contribution in [3.8, 4) is 0 Å². The van der Waals surface area contributed by atoms with Crippen molar-refractivity contribution in [3.05, 3.63) is 11.4 Å². The highest BCUT2D eigenvalue weighted by molar-refractivity contribution is 6.38. The molecule has 0 saturated heterocycles. The lowest BCUT2D eigenvalue weighted by atomic mass is 10.2. The van der Waals surface area contributed by atoms with E-state index in [0.717, 1.165) is 0 Å². The van der Waals surface area contributed by atoms with E-state index in [9.17, 15) is 19.2 Å². The van der Waals surface area contributed by atoms with E-state index in [0.29, 0.717) is 0 Å². The first-order chi connectivity index (χ1) is 8.25. The summed E-state index contributed by atoms with van der Waals surface area (Å²) in [5.41, 5.74) is -3.02. The fourth-order valence-electron chi connectivity index (χ4n) is 1.22. The van der Waals surface area contributed by atoms with Crippen LogP contribution in [0, 0.1) is 0 Å². The van der Waals surface area contributed by atoms with Crippen LogP contribution < -0.4 is 0 Å². The summed E-state index contributed by atoms with van der Waals surface area (Å²) < 4.78 is 0. The van der Waals surface area contributed by atoms with E-state index in [1.807, 2.05) is 0 Å². The summed E-state index contributed by atoms with van der Waals surface area (Å²) in [6, 6.07) is 0. The molecule has 0 unspecified atom stereocenters. The molecule has 1 amide bonds. The monoisotopic (exact) mass is 258 g/mol. The third-order valence-electron chi connectivity index (χ3n) is 1.93. The molecule has 0 bridgehead atoms. The molecule has 4 N–H and O–H groups in total. The van der Waals surface area contributed by atoms with Gasteiger partial charge in [-0.1, -0.05) is 0 Å². The van der Waals surface area contributed by atoms with Gasteiger partial charge in [-0.25, -0.2) is 24.2 Å². The molecule has 0 fully saturated rings. The second-order valence-electron chi connectivity index (χ2n) is 3.04. The van der Waals surface area contributed by atoms with E-state index < -0.39 is 47.7 Å². The van der Waals surface area contributed by atoms with Crippen LogP contribution >= 0.6 is 0 Å². The van der Waals surface area contributed by atoms with Crippen molar-refractivity contribution in [2.75, 3.05) is 6.54 Å². The highest BCUT2D eigenvalue weighted by Crippen LogP contribution is 2.18. The van der Waals surface area contributed by atoms with Crippen molar-refractivity contribution < 1.29 is 39.6 Å². The summed E-state index contributed by atoms with van der Waals surface area (Å²) in [6.45, 7) is -0.844. The zero-order chi connectivity index (χ0) is 14.0. The van der Waals surface area contributed by atoms with Gasteiger partial charge in [0.15, 0.2) is 11.4 Å². The third-order valence-corrected chi connectivity index (χ3v) is 1.93. The SMILES string of the molecule is O=C(O)C1=NC(C(=O)O)=C(C(=O)O)N(C(=O)O)C1. The van der Waals surface area contributed by atoms with Gasteiger partial charge < -0.3 is 20.4 Å². The topological polar surface area (TPSA) is 165 Å². The lowest BCUT2D eigenvalue weighted by Gasteiger charge is -2.23. The van der Waals surface area contributed by atoms with E-state index >= 15 is 0 Å². The molecule has 1 aliphatic heterocycles. The summed E-state index contributed by atoms with van der Waals surface area (Å²) in [4.78, 5) is 46.3. The Morgan fingerprint density at radius 2 is 1.50 bits per heavy atom. The maximum Gasteiger partial charge on any atom is 0.412 e. The van der Waals surface area contributed by atoms with Crippen LogP contribution in [0.1, 0.15) is 0 Å². The molecular formula is C8H6N2O8. The van der Waals surface area contributed by atoms with E-state index in [1.165, 1.54) is 0 Å². The summed E-state index contributed by atoms with van der Waals surface area (Å²) in [5.74, 6) is -5.30. The van der Waals surface area contributed by atoms with Crippen molar-refractivity contribution in [3.63, 3.8) is 0 Å². The van der Waals surface area contributed by atoms with Crippen molar-refractivity contribution in [1.29, 1.82) is 0 Å². The standard InChI is InChI=1S/C8H6N2O8/c11-5(12)2-1-10(8(17)18)4(7(15)16)3(9-2)6(13)14/h1H2,(H,11,12)(H,13,14)(H,15,16)(H,17,18). The van der Waals surface area contributed by atoms with Gasteiger partial charge in [0.2, 0.25) is 0 Å². The van der Waals surface area contributed by atoms with Gasteiger partial charge in [-0.15, -0.1) is 0 Å². The minimum Gasteiger partial charge on any atom is -0.477 e. The molecular weight excluding hydrogens is 252 g/mol. The minimum absolute atomic E-state index is 0.0994. The first-order valence-electron chi connectivity index (χ1n) is 4.28. The van der Waals surface area contributed by atoms with Gasteiger partial charge in [0.05, 0.1) is 6.54 Å². The Kier molecular flexibility index (Phi) is 3.31.